The highest BCUT2D eigenvalue weighted by Crippen LogP contribution is 2.17. The highest BCUT2D eigenvalue weighted by molar-refractivity contribution is 5.81. The van der Waals surface area contributed by atoms with Crippen LogP contribution in [0.15, 0.2) is 28.0 Å². The van der Waals surface area contributed by atoms with Crippen molar-refractivity contribution in [1.82, 2.24) is 10.3 Å². The van der Waals surface area contributed by atoms with E-state index in [1.807, 2.05) is 0 Å². The van der Waals surface area contributed by atoms with E-state index in [1.54, 1.807) is 18.2 Å². The van der Waals surface area contributed by atoms with Crippen LogP contribution in [0.25, 0.3) is 11.0 Å². The van der Waals surface area contributed by atoms with Crippen LogP contribution >= 0.6 is 0 Å². The van der Waals surface area contributed by atoms with Gasteiger partial charge < -0.3 is 15.7 Å². The minimum atomic E-state index is -0.00613. The summed E-state index contributed by atoms with van der Waals surface area (Å²) in [7, 11) is 0. The molecule has 0 radical (unpaired) electrons. The van der Waals surface area contributed by atoms with Crippen LogP contribution in [-0.2, 0) is 0 Å². The summed E-state index contributed by atoms with van der Waals surface area (Å²) in [5, 5.41) is 18.4. The molecule has 0 atom stereocenters. The molecule has 1 heterocycles. The lowest BCUT2D eigenvalue weighted by molar-refractivity contribution is 0.306. The molecule has 2 aromatic rings. The summed E-state index contributed by atoms with van der Waals surface area (Å²) in [5.41, 5.74) is 6.48. The number of amidine groups is 1. The molecule has 0 fully saturated rings. The van der Waals surface area contributed by atoms with Gasteiger partial charge in [-0.15, -0.1) is 0 Å². The van der Waals surface area contributed by atoms with Crippen LogP contribution in [0.3, 0.4) is 0 Å². The minimum absolute atomic E-state index is 0.00613. The zero-order valence-corrected chi connectivity index (χ0v) is 7.62. The average molecular weight is 208 g/mol. The van der Waals surface area contributed by atoms with E-state index in [1.165, 1.54) is 0 Å². The second kappa shape index (κ2) is 3.82. The van der Waals surface area contributed by atoms with Crippen molar-refractivity contribution >= 4 is 16.9 Å². The maximum absolute atomic E-state index is 8.30. The molecule has 7 nitrogen and oxygen atoms in total. The van der Waals surface area contributed by atoms with Gasteiger partial charge in [-0.3, -0.25) is 0 Å². The minimum Gasteiger partial charge on any atom is -0.485 e. The molecule has 0 aliphatic heterocycles. The van der Waals surface area contributed by atoms with Crippen LogP contribution < -0.4 is 10.5 Å². The number of hydrogen-bond acceptors (Lipinski definition) is 6. The summed E-state index contributed by atoms with van der Waals surface area (Å²) in [6.45, 7) is 0.00723. The van der Waals surface area contributed by atoms with E-state index in [4.69, 9.17) is 15.7 Å². The predicted molar refractivity (Wildman–Crippen MR) is 50.7 cm³/mol. The summed E-state index contributed by atoms with van der Waals surface area (Å²) in [6.07, 6.45) is 0. The summed E-state index contributed by atoms with van der Waals surface area (Å²) in [6, 6.07) is 5.04. The van der Waals surface area contributed by atoms with Crippen molar-refractivity contribution in [1.29, 1.82) is 0 Å². The Balaban J connectivity index is 2.14. The molecule has 1 aromatic carbocycles. The topological polar surface area (TPSA) is 107 Å². The zero-order chi connectivity index (χ0) is 10.7. The van der Waals surface area contributed by atoms with Crippen molar-refractivity contribution < 1.29 is 14.6 Å². The normalized spacial score (nSPS) is 11.9. The molecule has 3 N–H and O–H groups in total. The van der Waals surface area contributed by atoms with E-state index in [0.29, 0.717) is 16.8 Å². The molecule has 0 amide bonds. The highest BCUT2D eigenvalue weighted by Gasteiger charge is 2.02. The summed E-state index contributed by atoms with van der Waals surface area (Å²) < 4.78 is 9.73. The molecule has 0 spiro atoms. The number of nitrogens with two attached hydrogens (primary N) is 1. The van der Waals surface area contributed by atoms with Crippen LogP contribution in [0.2, 0.25) is 0 Å². The number of hydrogen-bond donors (Lipinski definition) is 2. The smallest absolute Gasteiger partial charge is 0.177 e. The summed E-state index contributed by atoms with van der Waals surface area (Å²) >= 11 is 0. The third kappa shape index (κ3) is 1.96. The SMILES string of the molecule is N/C(COc1ccc2nonc2c1)=N\O. The first-order valence-corrected chi connectivity index (χ1v) is 4.11. The lowest BCUT2D eigenvalue weighted by atomic mass is 10.3. The highest BCUT2D eigenvalue weighted by atomic mass is 16.6. The number of rotatable bonds is 3. The monoisotopic (exact) mass is 208 g/mol. The van der Waals surface area contributed by atoms with Gasteiger partial charge in [-0.05, 0) is 22.4 Å². The molecule has 78 valence electrons. The molecule has 0 aliphatic carbocycles. The second-order valence-electron chi connectivity index (χ2n) is 2.79. The van der Waals surface area contributed by atoms with E-state index in [0.717, 1.165) is 0 Å². The number of aromatic nitrogens is 2. The van der Waals surface area contributed by atoms with Crippen molar-refractivity contribution in [3.05, 3.63) is 18.2 Å². The van der Waals surface area contributed by atoms with Crippen molar-refractivity contribution in [3.63, 3.8) is 0 Å². The van der Waals surface area contributed by atoms with Gasteiger partial charge in [-0.1, -0.05) is 5.16 Å². The van der Waals surface area contributed by atoms with Crippen LogP contribution in [0, 0.1) is 0 Å². The molecule has 0 bridgehead atoms. The van der Waals surface area contributed by atoms with Crippen molar-refractivity contribution in [3.8, 4) is 5.75 Å². The van der Waals surface area contributed by atoms with E-state index < -0.39 is 0 Å². The Morgan fingerprint density at radius 1 is 1.47 bits per heavy atom. The lowest BCUT2D eigenvalue weighted by Gasteiger charge is -2.03. The number of fused-ring (bicyclic) bond motifs is 1. The Kier molecular flexibility index (Phi) is 2.36. The van der Waals surface area contributed by atoms with Gasteiger partial charge in [0.15, 0.2) is 5.84 Å². The van der Waals surface area contributed by atoms with Crippen LogP contribution in [0.4, 0.5) is 0 Å². The molecular weight excluding hydrogens is 200 g/mol. The predicted octanol–water partition coefficient (Wildman–Crippen LogP) is 0.348. The average Bonchev–Trinajstić information content (AvgIpc) is 2.72. The molecule has 0 saturated heterocycles. The Bertz CT molecular complexity index is 493. The van der Waals surface area contributed by atoms with Gasteiger partial charge in [0.2, 0.25) is 0 Å². The van der Waals surface area contributed by atoms with Gasteiger partial charge >= 0.3 is 0 Å². The number of oxime groups is 1. The molecular formula is C8H8N4O3. The summed E-state index contributed by atoms with van der Waals surface area (Å²) in [4.78, 5) is 0. The van der Waals surface area contributed by atoms with E-state index in [2.05, 4.69) is 20.1 Å². The van der Waals surface area contributed by atoms with Crippen molar-refractivity contribution in [2.24, 2.45) is 10.9 Å². The second-order valence-corrected chi connectivity index (χ2v) is 2.79. The first-order valence-electron chi connectivity index (χ1n) is 4.11. The molecule has 0 aliphatic rings. The van der Waals surface area contributed by atoms with E-state index in [9.17, 15) is 0 Å². The molecule has 0 saturated carbocycles. The van der Waals surface area contributed by atoms with Gasteiger partial charge in [0, 0.05) is 6.07 Å². The van der Waals surface area contributed by atoms with Crippen molar-refractivity contribution in [2.75, 3.05) is 6.61 Å². The van der Waals surface area contributed by atoms with Crippen LogP contribution in [-0.4, -0.2) is 28.0 Å². The Labute approximate surface area is 84.1 Å². The van der Waals surface area contributed by atoms with Gasteiger partial charge in [0.05, 0.1) is 0 Å². The Hall–Kier alpha value is -2.31. The quantitative estimate of drug-likeness (QED) is 0.326. The Morgan fingerprint density at radius 2 is 2.27 bits per heavy atom. The first-order chi connectivity index (χ1) is 7.29. The molecule has 0 unspecified atom stereocenters. The van der Waals surface area contributed by atoms with Crippen LogP contribution in [0.1, 0.15) is 0 Å². The van der Waals surface area contributed by atoms with Gasteiger partial charge in [-0.25, -0.2) is 4.63 Å². The molecule has 15 heavy (non-hydrogen) atoms. The maximum Gasteiger partial charge on any atom is 0.177 e. The lowest BCUT2D eigenvalue weighted by Crippen LogP contribution is -2.20. The van der Waals surface area contributed by atoms with Crippen molar-refractivity contribution in [2.45, 2.75) is 0 Å². The third-order valence-electron chi connectivity index (χ3n) is 1.74. The van der Waals surface area contributed by atoms with Crippen LogP contribution in [0.5, 0.6) is 5.75 Å². The summed E-state index contributed by atoms with van der Waals surface area (Å²) in [5.74, 6) is 0.540. The molecule has 2 rings (SSSR count). The molecule has 1 aromatic heterocycles. The number of ether oxygens (including phenoxy) is 1. The zero-order valence-electron chi connectivity index (χ0n) is 7.62. The number of benzene rings is 1. The fraction of sp³-hybridized carbons (Fsp3) is 0.125. The fourth-order valence-corrected chi connectivity index (χ4v) is 1.04. The number of nitrogens with zero attached hydrogens (tertiary/aromatic N) is 3. The fourth-order valence-electron chi connectivity index (χ4n) is 1.04. The molecule has 7 heteroatoms. The van der Waals surface area contributed by atoms with E-state index >= 15 is 0 Å². The van der Waals surface area contributed by atoms with Gasteiger partial charge in [0.25, 0.3) is 0 Å². The van der Waals surface area contributed by atoms with E-state index in [-0.39, 0.29) is 12.4 Å². The third-order valence-corrected chi connectivity index (χ3v) is 1.74. The van der Waals surface area contributed by atoms with Gasteiger partial charge in [0.1, 0.15) is 23.4 Å². The standard InChI is InChI=1S/C8H8N4O3/c9-8(10-13)4-14-5-1-2-6-7(3-5)12-15-11-6/h1-3,13H,4H2,(H2,9,10). The van der Waals surface area contributed by atoms with Gasteiger partial charge in [-0.2, -0.15) is 0 Å². The maximum atomic E-state index is 8.30. The largest absolute Gasteiger partial charge is 0.485 e. The Morgan fingerprint density at radius 3 is 3.07 bits per heavy atom. The first kappa shape index (κ1) is 9.25.